The summed E-state index contributed by atoms with van der Waals surface area (Å²) in [5.41, 5.74) is 2.93. The average Bonchev–Trinajstić information content (AvgIpc) is 3.20. The minimum atomic E-state index is -0.385. The Morgan fingerprint density at radius 2 is 2.07 bits per heavy atom. The molecule has 5 nitrogen and oxygen atoms in total. The number of nitrogens with zero attached hydrogens (tertiary/aromatic N) is 3. The molecule has 0 aliphatic carbocycles. The Morgan fingerprint density at radius 3 is 2.71 bits per heavy atom. The maximum Gasteiger partial charge on any atom is 0.260 e. The summed E-state index contributed by atoms with van der Waals surface area (Å²) >= 11 is 10.4. The van der Waals surface area contributed by atoms with Gasteiger partial charge in [-0.25, -0.2) is 4.39 Å². The fourth-order valence-electron chi connectivity index (χ4n) is 2.77. The lowest BCUT2D eigenvalue weighted by molar-refractivity contribution is 0.102. The highest BCUT2D eigenvalue weighted by atomic mass is 35.5. The number of aromatic nitrogens is 3. The second-order valence-corrected chi connectivity index (χ2v) is 8.97. The van der Waals surface area contributed by atoms with E-state index in [1.54, 1.807) is 23.7 Å². The van der Waals surface area contributed by atoms with E-state index >= 15 is 0 Å². The molecule has 0 saturated heterocycles. The minimum Gasteiger partial charge on any atom is -0.319 e. The van der Waals surface area contributed by atoms with Crippen molar-refractivity contribution in [1.82, 2.24) is 14.2 Å². The highest BCUT2D eigenvalue weighted by molar-refractivity contribution is 8.01. The molecule has 2 heterocycles. The van der Waals surface area contributed by atoms with Gasteiger partial charge in [0.2, 0.25) is 0 Å². The zero-order valence-corrected chi connectivity index (χ0v) is 18.9. The van der Waals surface area contributed by atoms with Gasteiger partial charge in [0.1, 0.15) is 10.8 Å². The van der Waals surface area contributed by atoms with Crippen LogP contribution in [-0.2, 0) is 6.54 Å². The van der Waals surface area contributed by atoms with Crippen molar-refractivity contribution in [2.75, 3.05) is 17.8 Å². The molecule has 2 aromatic heterocycles. The van der Waals surface area contributed by atoms with Gasteiger partial charge < -0.3 is 5.32 Å². The number of benzene rings is 1. The van der Waals surface area contributed by atoms with Gasteiger partial charge >= 0.3 is 0 Å². The first-order chi connectivity index (χ1) is 13.4. The van der Waals surface area contributed by atoms with E-state index in [1.807, 2.05) is 19.4 Å². The third-order valence-corrected chi connectivity index (χ3v) is 7.32. The zero-order valence-electron chi connectivity index (χ0n) is 15.7. The molecule has 0 radical (unpaired) electrons. The van der Waals surface area contributed by atoms with E-state index in [-0.39, 0.29) is 18.3 Å². The third kappa shape index (κ3) is 4.07. The van der Waals surface area contributed by atoms with Gasteiger partial charge in [0.25, 0.3) is 5.91 Å². The minimum absolute atomic E-state index is 0.181. The number of hydrogen-bond acceptors (Lipinski definition) is 6. The van der Waals surface area contributed by atoms with Crippen molar-refractivity contribution in [3.63, 3.8) is 0 Å². The van der Waals surface area contributed by atoms with Crippen LogP contribution >= 0.6 is 46.7 Å². The summed E-state index contributed by atoms with van der Waals surface area (Å²) in [4.78, 5) is 12.9. The second kappa shape index (κ2) is 8.86. The monoisotopic (exact) mass is 456 g/mol. The van der Waals surface area contributed by atoms with E-state index < -0.39 is 0 Å². The first-order valence-electron chi connectivity index (χ1n) is 8.23. The van der Waals surface area contributed by atoms with Crippen molar-refractivity contribution in [2.45, 2.75) is 29.6 Å². The summed E-state index contributed by atoms with van der Waals surface area (Å²) in [6, 6.07) is 4.58. The van der Waals surface area contributed by atoms with E-state index in [0.717, 1.165) is 9.90 Å². The van der Waals surface area contributed by atoms with Gasteiger partial charge in [0.05, 0.1) is 33.4 Å². The van der Waals surface area contributed by atoms with Crippen molar-refractivity contribution in [3.05, 3.63) is 51.6 Å². The molecule has 1 N–H and O–H groups in total. The van der Waals surface area contributed by atoms with Crippen molar-refractivity contribution in [2.24, 2.45) is 0 Å². The summed E-state index contributed by atoms with van der Waals surface area (Å²) in [7, 11) is 0. The van der Waals surface area contributed by atoms with Crippen LogP contribution in [0, 0.1) is 19.7 Å². The predicted molar refractivity (Wildman–Crippen MR) is 116 cm³/mol. The lowest BCUT2D eigenvalue weighted by atomic mass is 10.2. The molecule has 10 heteroatoms. The van der Waals surface area contributed by atoms with E-state index in [0.29, 0.717) is 32.6 Å². The summed E-state index contributed by atoms with van der Waals surface area (Å²) in [5.74, 6) is -0.610. The second-order valence-electron chi connectivity index (χ2n) is 5.92. The molecule has 0 aliphatic rings. The molecular formula is C18H18ClFN4OS3. The number of aryl methyl sites for hydroxylation is 1. The van der Waals surface area contributed by atoms with E-state index in [1.165, 1.54) is 41.1 Å². The quantitative estimate of drug-likeness (QED) is 0.497. The number of amides is 1. The lowest BCUT2D eigenvalue weighted by Crippen LogP contribution is -2.14. The Hall–Kier alpha value is -1.55. The van der Waals surface area contributed by atoms with Gasteiger partial charge in [-0.1, -0.05) is 17.7 Å². The predicted octanol–water partition coefficient (Wildman–Crippen LogP) is 5.49. The van der Waals surface area contributed by atoms with Crippen LogP contribution in [0.5, 0.6) is 0 Å². The fourth-order valence-corrected chi connectivity index (χ4v) is 5.27. The van der Waals surface area contributed by atoms with Gasteiger partial charge in [-0.15, -0.1) is 23.5 Å². The van der Waals surface area contributed by atoms with Crippen LogP contribution in [0.4, 0.5) is 10.1 Å². The highest BCUT2D eigenvalue weighted by Gasteiger charge is 2.23. The van der Waals surface area contributed by atoms with Gasteiger partial charge in [-0.05, 0) is 50.0 Å². The first kappa shape index (κ1) is 21.2. The maximum atomic E-state index is 14.1. The van der Waals surface area contributed by atoms with Crippen molar-refractivity contribution in [3.8, 4) is 0 Å². The van der Waals surface area contributed by atoms with E-state index in [2.05, 4.69) is 14.8 Å². The summed E-state index contributed by atoms with van der Waals surface area (Å²) in [6.07, 6.45) is 3.81. The Balaban J connectivity index is 1.91. The Morgan fingerprint density at radius 1 is 1.32 bits per heavy atom. The molecule has 0 fully saturated rings. The van der Waals surface area contributed by atoms with Gasteiger partial charge in [-0.3, -0.25) is 9.48 Å². The van der Waals surface area contributed by atoms with Crippen molar-refractivity contribution < 1.29 is 9.18 Å². The zero-order chi connectivity index (χ0) is 20.4. The van der Waals surface area contributed by atoms with E-state index in [9.17, 15) is 9.18 Å². The molecule has 1 amide bonds. The Labute approximate surface area is 180 Å². The molecule has 0 aliphatic heterocycles. The normalized spacial score (nSPS) is 11.1. The van der Waals surface area contributed by atoms with Crippen LogP contribution < -0.4 is 5.32 Å². The van der Waals surface area contributed by atoms with Gasteiger partial charge in [0, 0.05) is 10.6 Å². The summed E-state index contributed by atoms with van der Waals surface area (Å²) < 4.78 is 21.0. The number of halogens is 2. The standard InChI is InChI=1S/C18H18ClFN4OS3/c1-9-15(21-16(25)14-17(26-3)23-28-18(14)27-4)10(2)24(22-9)8-11-12(19)6-5-7-13(11)20/h5-7H,8H2,1-4H3,(H,21,25). The van der Waals surface area contributed by atoms with Crippen LogP contribution in [0.3, 0.4) is 0 Å². The number of anilines is 1. The summed E-state index contributed by atoms with van der Waals surface area (Å²) in [5, 5.41) is 8.46. The number of thioether (sulfide) groups is 2. The number of carbonyl (C=O) groups is 1. The largest absolute Gasteiger partial charge is 0.319 e. The molecule has 1 aromatic carbocycles. The summed E-state index contributed by atoms with van der Waals surface area (Å²) in [6.45, 7) is 3.82. The maximum absolute atomic E-state index is 14.1. The highest BCUT2D eigenvalue weighted by Crippen LogP contribution is 2.34. The van der Waals surface area contributed by atoms with Crippen LogP contribution in [0.15, 0.2) is 27.4 Å². The van der Waals surface area contributed by atoms with Crippen LogP contribution in [0.2, 0.25) is 5.02 Å². The molecule has 0 spiro atoms. The average molecular weight is 457 g/mol. The van der Waals surface area contributed by atoms with Crippen LogP contribution in [0.25, 0.3) is 0 Å². The van der Waals surface area contributed by atoms with Gasteiger partial charge in [0.15, 0.2) is 0 Å². The van der Waals surface area contributed by atoms with Gasteiger partial charge in [-0.2, -0.15) is 9.47 Å². The molecule has 3 aromatic rings. The number of nitrogens with one attached hydrogen (secondary N) is 1. The smallest absolute Gasteiger partial charge is 0.260 e. The molecule has 0 atom stereocenters. The SMILES string of the molecule is CSc1nsc(SC)c1C(=O)Nc1c(C)nn(Cc2c(F)cccc2Cl)c1C. The molecule has 0 unspecified atom stereocenters. The molecular weight excluding hydrogens is 439 g/mol. The lowest BCUT2D eigenvalue weighted by Gasteiger charge is -2.09. The molecule has 28 heavy (non-hydrogen) atoms. The molecule has 0 bridgehead atoms. The third-order valence-electron chi connectivity index (χ3n) is 4.22. The fraction of sp³-hybridized carbons (Fsp3) is 0.278. The topological polar surface area (TPSA) is 59.8 Å². The van der Waals surface area contributed by atoms with E-state index in [4.69, 9.17) is 11.6 Å². The number of carbonyl (C=O) groups excluding carboxylic acids is 1. The number of hydrogen-bond donors (Lipinski definition) is 1. The van der Waals surface area contributed by atoms with Crippen molar-refractivity contribution in [1.29, 1.82) is 0 Å². The van der Waals surface area contributed by atoms with Crippen LogP contribution in [-0.4, -0.2) is 32.6 Å². The number of rotatable bonds is 6. The molecule has 3 rings (SSSR count). The first-order valence-corrected chi connectivity index (χ1v) is 11.8. The van der Waals surface area contributed by atoms with Crippen LogP contribution in [0.1, 0.15) is 27.3 Å². The molecule has 0 saturated carbocycles. The van der Waals surface area contributed by atoms with Crippen molar-refractivity contribution >= 4 is 58.3 Å². The Bertz CT molecular complexity index is 993. The Kier molecular flexibility index (Phi) is 6.69. The molecule has 148 valence electrons.